The van der Waals surface area contributed by atoms with Gasteiger partial charge < -0.3 is 21.3 Å². The van der Waals surface area contributed by atoms with Gasteiger partial charge in [-0.2, -0.15) is 23.4 Å². The van der Waals surface area contributed by atoms with Crippen LogP contribution in [-0.2, 0) is 14.4 Å². The lowest BCUT2D eigenvalue weighted by molar-refractivity contribution is -0.192. The number of carbonyl (C=O) groups is 3. The zero-order chi connectivity index (χ0) is 19.0. The van der Waals surface area contributed by atoms with Crippen molar-refractivity contribution in [3.05, 3.63) is 0 Å². The minimum atomic E-state index is -5.08. The Morgan fingerprint density at radius 3 is 2.04 bits per heavy atom. The average Bonchev–Trinajstić information content (AvgIpc) is 3.14. The van der Waals surface area contributed by atoms with Crippen molar-refractivity contribution in [3.8, 4) is 0 Å². The van der Waals surface area contributed by atoms with Gasteiger partial charge in [-0.3, -0.25) is 4.79 Å². The Morgan fingerprint density at radius 2 is 1.71 bits per heavy atom. The lowest BCUT2D eigenvalue weighted by Gasteiger charge is -2.14. The van der Waals surface area contributed by atoms with Crippen LogP contribution in [0, 0.1) is 0 Å². The van der Waals surface area contributed by atoms with Gasteiger partial charge in [-0.05, 0) is 32.7 Å². The van der Waals surface area contributed by atoms with Crippen LogP contribution >= 0.6 is 0 Å². The van der Waals surface area contributed by atoms with Crippen LogP contribution in [-0.4, -0.2) is 52.5 Å². The van der Waals surface area contributed by atoms with E-state index in [0.717, 1.165) is 6.42 Å². The summed E-state index contributed by atoms with van der Waals surface area (Å²) < 4.78 is 31.7. The Balaban J connectivity index is 0.000000640. The first-order valence-electron chi connectivity index (χ1n) is 6.87. The van der Waals surface area contributed by atoms with Gasteiger partial charge >= 0.3 is 18.1 Å². The van der Waals surface area contributed by atoms with E-state index in [1.165, 1.54) is 0 Å². The zero-order valence-corrected chi connectivity index (χ0v) is 12.8. The molecule has 0 aromatic carbocycles. The van der Waals surface area contributed by atoms with E-state index in [1.54, 1.807) is 6.92 Å². The van der Waals surface area contributed by atoms with Gasteiger partial charge in [-0.25, -0.2) is 9.59 Å². The van der Waals surface area contributed by atoms with Gasteiger partial charge in [-0.15, -0.1) is 0 Å². The van der Waals surface area contributed by atoms with E-state index in [2.05, 4.69) is 15.5 Å². The van der Waals surface area contributed by atoms with Crippen molar-refractivity contribution < 1.29 is 37.8 Å². The first-order valence-corrected chi connectivity index (χ1v) is 6.87. The summed E-state index contributed by atoms with van der Waals surface area (Å²) in [6.07, 6.45) is -3.15. The Labute approximate surface area is 135 Å². The lowest BCUT2D eigenvalue weighted by atomic mass is 10.1. The summed E-state index contributed by atoms with van der Waals surface area (Å²) in [4.78, 5) is 31.3. The Morgan fingerprint density at radius 1 is 1.21 bits per heavy atom. The maximum Gasteiger partial charge on any atom is 0.490 e. The number of nitrogens with one attached hydrogen (secondary N) is 1. The standard InChI is InChI=1S/C10H18N4O3.C2HF3O2/c1-10(13-14-10)6-8(15)12-7(9(16)17)4-2-3-5-11;3-2(4,5)1(6)7/h7H,2-6,11H2,1H3,(H,12,15)(H,16,17);(H,6,7)/t7-;/m0./s1. The Hall–Kier alpha value is -2.24. The predicted octanol–water partition coefficient (Wildman–Crippen LogP) is 0.890. The third kappa shape index (κ3) is 9.71. The number of carbonyl (C=O) groups excluding carboxylic acids is 1. The highest BCUT2D eigenvalue weighted by molar-refractivity contribution is 5.84. The molecule has 1 aliphatic rings. The van der Waals surface area contributed by atoms with E-state index in [-0.39, 0.29) is 12.3 Å². The summed E-state index contributed by atoms with van der Waals surface area (Å²) in [6, 6.07) is -0.851. The van der Waals surface area contributed by atoms with Crippen LogP contribution < -0.4 is 11.1 Å². The Bertz CT molecular complexity index is 490. The van der Waals surface area contributed by atoms with Gasteiger partial charge in [-0.1, -0.05) is 0 Å². The number of carboxylic acids is 2. The number of alkyl halides is 3. The van der Waals surface area contributed by atoms with E-state index < -0.39 is 29.8 Å². The third-order valence-electron chi connectivity index (χ3n) is 2.76. The quantitative estimate of drug-likeness (QED) is 0.473. The van der Waals surface area contributed by atoms with E-state index >= 15 is 0 Å². The number of aliphatic carboxylic acids is 2. The second-order valence-electron chi connectivity index (χ2n) is 5.14. The lowest BCUT2D eigenvalue weighted by Crippen LogP contribution is -2.42. The van der Waals surface area contributed by atoms with E-state index in [1.807, 2.05) is 0 Å². The van der Waals surface area contributed by atoms with Crippen LogP contribution in [0.1, 0.15) is 32.6 Å². The number of hydrogen-bond donors (Lipinski definition) is 4. The van der Waals surface area contributed by atoms with Crippen molar-refractivity contribution in [2.45, 2.75) is 50.5 Å². The van der Waals surface area contributed by atoms with Crippen molar-refractivity contribution in [1.29, 1.82) is 0 Å². The molecule has 9 nitrogen and oxygen atoms in total. The summed E-state index contributed by atoms with van der Waals surface area (Å²) >= 11 is 0. The molecule has 1 rings (SSSR count). The molecule has 0 fully saturated rings. The monoisotopic (exact) mass is 356 g/mol. The van der Waals surface area contributed by atoms with Gasteiger partial charge in [0.25, 0.3) is 0 Å². The van der Waals surface area contributed by atoms with Crippen molar-refractivity contribution in [3.63, 3.8) is 0 Å². The number of rotatable bonds is 8. The smallest absolute Gasteiger partial charge is 0.480 e. The number of halogens is 3. The number of hydrogen-bond acceptors (Lipinski definition) is 6. The molecule has 1 atom stereocenters. The minimum absolute atomic E-state index is 0.105. The third-order valence-corrected chi connectivity index (χ3v) is 2.76. The molecule has 0 aromatic heterocycles. The molecule has 1 amide bonds. The molecular formula is C12H19F3N4O5. The van der Waals surface area contributed by atoms with E-state index in [0.29, 0.717) is 19.4 Å². The molecule has 0 bridgehead atoms. The van der Waals surface area contributed by atoms with Gasteiger partial charge in [0.2, 0.25) is 5.91 Å². The van der Waals surface area contributed by atoms with Gasteiger partial charge in [0.05, 0.1) is 6.42 Å². The topological polar surface area (TPSA) is 154 Å². The van der Waals surface area contributed by atoms with Crippen LogP contribution in [0.5, 0.6) is 0 Å². The molecule has 24 heavy (non-hydrogen) atoms. The summed E-state index contributed by atoms with van der Waals surface area (Å²) in [6.45, 7) is 2.24. The van der Waals surface area contributed by atoms with Crippen LogP contribution in [0.4, 0.5) is 13.2 Å². The summed E-state index contributed by atoms with van der Waals surface area (Å²) in [5, 5.41) is 25.9. The molecule has 138 valence electrons. The van der Waals surface area contributed by atoms with Crippen molar-refractivity contribution in [2.75, 3.05) is 6.54 Å². The Kier molecular flexibility index (Phi) is 8.30. The fraction of sp³-hybridized carbons (Fsp3) is 0.750. The first kappa shape index (κ1) is 21.8. The maximum atomic E-state index is 11.5. The summed E-state index contributed by atoms with van der Waals surface area (Å²) in [5.74, 6) is -4.12. The fourth-order valence-corrected chi connectivity index (χ4v) is 1.46. The van der Waals surface area contributed by atoms with Crippen LogP contribution in [0.15, 0.2) is 10.2 Å². The number of nitrogens with two attached hydrogens (primary N) is 1. The second-order valence-corrected chi connectivity index (χ2v) is 5.14. The van der Waals surface area contributed by atoms with Gasteiger partial charge in [0.1, 0.15) is 6.04 Å². The molecule has 0 saturated carbocycles. The minimum Gasteiger partial charge on any atom is -0.480 e. The molecule has 0 spiro atoms. The molecule has 5 N–H and O–H groups in total. The maximum absolute atomic E-state index is 11.5. The highest BCUT2D eigenvalue weighted by Gasteiger charge is 2.38. The zero-order valence-electron chi connectivity index (χ0n) is 12.8. The highest BCUT2D eigenvalue weighted by atomic mass is 19.4. The highest BCUT2D eigenvalue weighted by Crippen LogP contribution is 2.30. The number of unbranched alkanes of at least 4 members (excludes halogenated alkanes) is 1. The van der Waals surface area contributed by atoms with Crippen molar-refractivity contribution in [1.82, 2.24) is 5.32 Å². The molecule has 1 aliphatic heterocycles. The fourth-order valence-electron chi connectivity index (χ4n) is 1.46. The number of amides is 1. The largest absolute Gasteiger partial charge is 0.490 e. The molecule has 0 aliphatic carbocycles. The molecule has 0 aromatic rings. The van der Waals surface area contributed by atoms with Crippen LogP contribution in [0.3, 0.4) is 0 Å². The molecule has 0 saturated heterocycles. The van der Waals surface area contributed by atoms with E-state index in [4.69, 9.17) is 20.7 Å². The molecule has 0 radical (unpaired) electrons. The molecule has 1 heterocycles. The average molecular weight is 356 g/mol. The summed E-state index contributed by atoms with van der Waals surface area (Å²) in [5.41, 5.74) is 4.69. The molecular weight excluding hydrogens is 337 g/mol. The molecule has 0 unspecified atom stereocenters. The second kappa shape index (κ2) is 9.15. The van der Waals surface area contributed by atoms with Crippen LogP contribution in [0.2, 0.25) is 0 Å². The normalized spacial score (nSPS) is 15.7. The van der Waals surface area contributed by atoms with Gasteiger partial charge in [0.15, 0.2) is 5.66 Å². The number of nitrogens with zero attached hydrogens (tertiary/aromatic N) is 2. The first-order chi connectivity index (χ1) is 10.9. The van der Waals surface area contributed by atoms with Crippen molar-refractivity contribution >= 4 is 17.8 Å². The van der Waals surface area contributed by atoms with Gasteiger partial charge in [0, 0.05) is 0 Å². The van der Waals surface area contributed by atoms with Crippen molar-refractivity contribution in [2.24, 2.45) is 16.0 Å². The number of carboxylic acid groups (broad SMARTS) is 2. The molecule has 12 heteroatoms. The SMILES string of the molecule is CC1(CC(=O)N[C@@H](CCCCN)C(=O)O)N=N1.O=C(O)C(F)(F)F. The van der Waals surface area contributed by atoms with Crippen LogP contribution in [0.25, 0.3) is 0 Å². The predicted molar refractivity (Wildman–Crippen MR) is 74.0 cm³/mol. The summed E-state index contributed by atoms with van der Waals surface area (Å²) in [7, 11) is 0. The van der Waals surface area contributed by atoms with E-state index in [9.17, 15) is 22.8 Å².